The summed E-state index contributed by atoms with van der Waals surface area (Å²) in [4.78, 5) is 84.6. The molecule has 4 aliphatic rings. The number of Topliss-reactive ketones (excluding diaryl/α,β-unsaturated/α-hetero) is 1. The van der Waals surface area contributed by atoms with Gasteiger partial charge in [0, 0.05) is 36.7 Å². The van der Waals surface area contributed by atoms with Crippen molar-refractivity contribution in [3.8, 4) is 0 Å². The summed E-state index contributed by atoms with van der Waals surface area (Å²) in [6.45, 7) is 8.73. The normalized spacial score (nSPS) is 31.2. The van der Waals surface area contributed by atoms with Gasteiger partial charge in [0.25, 0.3) is 5.91 Å². The van der Waals surface area contributed by atoms with Crippen molar-refractivity contribution >= 4 is 47.3 Å². The summed E-state index contributed by atoms with van der Waals surface area (Å²) >= 11 is 1.46. The number of carbonyl (C=O) groups excluding carboxylic acids is 6. The van der Waals surface area contributed by atoms with E-state index in [-0.39, 0.29) is 35.3 Å². The van der Waals surface area contributed by atoms with Crippen molar-refractivity contribution in [2.45, 2.75) is 102 Å². The molecular formula is C49H55NO13S. The standard InChI is InChI=1S/C49H55NO13S/c1-27-34(61-45(57)38(53)37(30-17-11-8-12-18-30)50-43(55)31-19-13-9-14-20-31)24-49(58)42(62-44(56)32-21-15-10-16-22-32)40-47(6,41(54)39(60-28(2)51)36(27)46(49,4)5)33(25-64-7)23-35-48(40,26-59-35)63-29(3)52/h8-22,33-35,37-40,42,53,58H,23-26H2,1-7H3,(H,50,55)/t33-,34+,35-,37+,38-,39-,40+,42+,47-,48+,49-/m1/s1. The highest BCUT2D eigenvalue weighted by Gasteiger charge is 2.78. The topological polar surface area (TPSA) is 201 Å². The van der Waals surface area contributed by atoms with Gasteiger partial charge in [-0.1, -0.05) is 87.5 Å². The molecule has 14 nitrogen and oxygen atoms in total. The van der Waals surface area contributed by atoms with Gasteiger partial charge in [-0.15, -0.1) is 0 Å². The molecule has 2 saturated carbocycles. The van der Waals surface area contributed by atoms with Gasteiger partial charge in [0.2, 0.25) is 0 Å². The molecule has 3 N–H and O–H groups in total. The maximum absolute atomic E-state index is 15.9. The molecular weight excluding hydrogens is 843 g/mol. The minimum Gasteiger partial charge on any atom is -0.456 e. The largest absolute Gasteiger partial charge is 0.456 e. The van der Waals surface area contributed by atoms with Crippen LogP contribution in [0.3, 0.4) is 0 Å². The van der Waals surface area contributed by atoms with E-state index in [1.807, 2.05) is 6.26 Å². The van der Waals surface area contributed by atoms with E-state index in [1.165, 1.54) is 30.8 Å². The highest BCUT2D eigenvalue weighted by molar-refractivity contribution is 7.98. The van der Waals surface area contributed by atoms with Crippen molar-refractivity contribution in [1.82, 2.24) is 5.32 Å². The van der Waals surface area contributed by atoms with Crippen molar-refractivity contribution in [3.05, 3.63) is 119 Å². The Balaban J connectivity index is 1.41. The summed E-state index contributed by atoms with van der Waals surface area (Å²) in [5.41, 5.74) is -5.95. The van der Waals surface area contributed by atoms with E-state index in [1.54, 1.807) is 107 Å². The third kappa shape index (κ3) is 7.94. The summed E-state index contributed by atoms with van der Waals surface area (Å²) in [6.07, 6.45) is -5.89. The summed E-state index contributed by atoms with van der Waals surface area (Å²) in [5, 5.41) is 28.5. The first-order chi connectivity index (χ1) is 30.3. The molecule has 11 atom stereocenters. The number of ether oxygens (including phenoxy) is 5. The number of rotatable bonds is 12. The molecule has 15 heteroatoms. The average Bonchev–Trinajstić information content (AvgIpc) is 3.26. The van der Waals surface area contributed by atoms with Crippen LogP contribution in [0.5, 0.6) is 0 Å². The number of benzene rings is 3. The number of thioether (sulfide) groups is 1. The molecule has 1 heterocycles. The molecule has 0 radical (unpaired) electrons. The third-order valence-corrected chi connectivity index (χ3v) is 14.8. The van der Waals surface area contributed by atoms with Gasteiger partial charge in [-0.05, 0) is 72.2 Å². The molecule has 2 bridgehead atoms. The van der Waals surface area contributed by atoms with Crippen LogP contribution in [0.25, 0.3) is 0 Å². The van der Waals surface area contributed by atoms with Crippen LogP contribution in [0.2, 0.25) is 0 Å². The summed E-state index contributed by atoms with van der Waals surface area (Å²) in [7, 11) is 0. The van der Waals surface area contributed by atoms with Crippen LogP contribution in [-0.2, 0) is 42.9 Å². The van der Waals surface area contributed by atoms with Crippen LogP contribution in [0, 0.1) is 22.7 Å². The third-order valence-electron chi connectivity index (χ3n) is 14.1. The van der Waals surface area contributed by atoms with Crippen LogP contribution in [0.1, 0.15) is 86.7 Å². The SMILES string of the molecule is CSC[C@H]1C[C@H]2OC[C@@]2(OC(C)=O)[C@H]2[C@H](OC(=O)c3ccccc3)[C@]3(O)C[C@H](OC(=O)[C@H](O)[C@@H](NC(=O)c4ccccc4)c4ccccc4)C(C)=C([C@@H](OC(C)=O)C(=O)[C@]12C)C3(C)C. The zero-order chi connectivity index (χ0) is 46.4. The van der Waals surface area contributed by atoms with Crippen molar-refractivity contribution in [1.29, 1.82) is 0 Å². The van der Waals surface area contributed by atoms with Gasteiger partial charge in [-0.25, -0.2) is 9.59 Å². The van der Waals surface area contributed by atoms with Gasteiger partial charge in [-0.3, -0.25) is 19.2 Å². The van der Waals surface area contributed by atoms with E-state index in [2.05, 4.69) is 5.32 Å². The lowest BCUT2D eigenvalue weighted by Gasteiger charge is -2.68. The number of hydrogen-bond acceptors (Lipinski definition) is 14. The number of ketones is 1. The van der Waals surface area contributed by atoms with Gasteiger partial charge >= 0.3 is 23.9 Å². The fraction of sp³-hybridized carbons (Fsp3) is 0.469. The van der Waals surface area contributed by atoms with Crippen LogP contribution in [0.15, 0.2) is 102 Å². The number of aliphatic hydroxyl groups excluding tert-OH is 1. The Morgan fingerprint density at radius 1 is 0.859 bits per heavy atom. The zero-order valence-corrected chi connectivity index (χ0v) is 37.7. The lowest BCUT2D eigenvalue weighted by Crippen LogP contribution is -2.81. The van der Waals surface area contributed by atoms with Gasteiger partial charge in [0.05, 0.1) is 24.1 Å². The summed E-state index contributed by atoms with van der Waals surface area (Å²) in [5.74, 6) is -6.16. The first-order valence-corrected chi connectivity index (χ1v) is 22.7. The second-order valence-electron chi connectivity index (χ2n) is 18.0. The Hall–Kier alpha value is -5.35. The van der Waals surface area contributed by atoms with Crippen LogP contribution < -0.4 is 5.32 Å². The molecule has 340 valence electrons. The predicted molar refractivity (Wildman–Crippen MR) is 234 cm³/mol. The number of hydrogen-bond donors (Lipinski definition) is 3. The van der Waals surface area contributed by atoms with E-state index in [4.69, 9.17) is 23.7 Å². The first kappa shape index (κ1) is 46.6. The summed E-state index contributed by atoms with van der Waals surface area (Å²) in [6, 6.07) is 23.4. The number of aliphatic hydroxyl groups is 2. The Labute approximate surface area is 376 Å². The van der Waals surface area contributed by atoms with E-state index in [9.17, 15) is 34.2 Å². The lowest BCUT2D eigenvalue weighted by atomic mass is 9.43. The Morgan fingerprint density at radius 2 is 1.45 bits per heavy atom. The van der Waals surface area contributed by atoms with Gasteiger partial charge in [0.1, 0.15) is 23.9 Å². The monoisotopic (exact) mass is 897 g/mol. The molecule has 3 aromatic carbocycles. The molecule has 0 spiro atoms. The predicted octanol–water partition coefficient (Wildman–Crippen LogP) is 5.35. The van der Waals surface area contributed by atoms with E-state index in [0.29, 0.717) is 11.3 Å². The minimum absolute atomic E-state index is 0.114. The highest BCUT2D eigenvalue weighted by Crippen LogP contribution is 2.66. The van der Waals surface area contributed by atoms with Crippen molar-refractivity contribution in [2.24, 2.45) is 22.7 Å². The van der Waals surface area contributed by atoms with Crippen LogP contribution in [0.4, 0.5) is 0 Å². The molecule has 3 aromatic rings. The Bertz CT molecular complexity index is 2320. The molecule has 1 amide bonds. The van der Waals surface area contributed by atoms with E-state index in [0.717, 1.165) is 6.92 Å². The summed E-state index contributed by atoms with van der Waals surface area (Å²) < 4.78 is 31.2. The fourth-order valence-electron chi connectivity index (χ4n) is 10.8. The van der Waals surface area contributed by atoms with Crippen molar-refractivity contribution < 1.29 is 62.7 Å². The van der Waals surface area contributed by atoms with Gasteiger partial charge in [-0.2, -0.15) is 11.8 Å². The second kappa shape index (κ2) is 17.9. The van der Waals surface area contributed by atoms with Gasteiger partial charge in [0.15, 0.2) is 23.6 Å². The average molecular weight is 898 g/mol. The smallest absolute Gasteiger partial charge is 0.338 e. The Morgan fingerprint density at radius 3 is 2.00 bits per heavy atom. The second-order valence-corrected chi connectivity index (χ2v) is 18.9. The molecule has 1 aliphatic heterocycles. The maximum Gasteiger partial charge on any atom is 0.338 e. The molecule has 3 aliphatic carbocycles. The molecule has 1 saturated heterocycles. The van der Waals surface area contributed by atoms with Crippen molar-refractivity contribution in [2.75, 3.05) is 18.6 Å². The van der Waals surface area contributed by atoms with Gasteiger partial charge < -0.3 is 39.2 Å². The lowest BCUT2D eigenvalue weighted by molar-refractivity contribution is -0.340. The molecule has 0 aromatic heterocycles. The highest BCUT2D eigenvalue weighted by atomic mass is 32.2. The fourth-order valence-corrected chi connectivity index (χ4v) is 11.6. The first-order valence-electron chi connectivity index (χ1n) is 21.3. The number of nitrogens with one attached hydrogen (secondary N) is 1. The van der Waals surface area contributed by atoms with Crippen LogP contribution >= 0.6 is 11.8 Å². The number of fused-ring (bicyclic) bond motifs is 5. The Kier molecular flexibility index (Phi) is 13.0. The van der Waals surface area contributed by atoms with E-state index >= 15 is 4.79 Å². The van der Waals surface area contributed by atoms with Crippen LogP contribution in [-0.4, -0.2) is 106 Å². The zero-order valence-electron chi connectivity index (χ0n) is 36.9. The van der Waals surface area contributed by atoms with Crippen molar-refractivity contribution in [3.63, 3.8) is 0 Å². The minimum atomic E-state index is -2.29. The number of carbonyl (C=O) groups is 6. The number of esters is 4. The quantitative estimate of drug-likeness (QED) is 0.119. The van der Waals surface area contributed by atoms with E-state index < -0.39 is 112 Å². The molecule has 0 unspecified atom stereocenters. The maximum atomic E-state index is 15.9. The number of amides is 1. The molecule has 3 fully saturated rings. The molecule has 7 rings (SSSR count). The molecule has 64 heavy (non-hydrogen) atoms.